The van der Waals surface area contributed by atoms with Crippen LogP contribution in [0.25, 0.3) is 10.3 Å². The summed E-state index contributed by atoms with van der Waals surface area (Å²) in [6.45, 7) is 3.08. The summed E-state index contributed by atoms with van der Waals surface area (Å²) in [6.07, 6.45) is 1.51. The predicted molar refractivity (Wildman–Crippen MR) is 109 cm³/mol. The number of fused-ring (bicyclic) bond motifs is 1. The second-order valence-electron chi connectivity index (χ2n) is 6.00. The average Bonchev–Trinajstić information content (AvgIpc) is 3.18. The summed E-state index contributed by atoms with van der Waals surface area (Å²) in [4.78, 5) is 29.7. The standard InChI is InChI=1S/C18H19N5O2S2/c1-22(13-5-3-2-4-6-13)14(24)11-26-17-15-16(19-12-20-17)21-18(27-15)23-7-9-25-10-8-23/h2-6,12H,7-11H2,1H3. The maximum Gasteiger partial charge on any atom is 0.237 e. The van der Waals surface area contributed by atoms with Crippen LogP contribution in [0.1, 0.15) is 0 Å². The Hall–Kier alpha value is -2.23. The van der Waals surface area contributed by atoms with E-state index in [0.29, 0.717) is 24.6 Å². The van der Waals surface area contributed by atoms with Crippen molar-refractivity contribution in [2.24, 2.45) is 0 Å². The minimum Gasteiger partial charge on any atom is -0.378 e. The number of amides is 1. The van der Waals surface area contributed by atoms with E-state index in [-0.39, 0.29) is 5.91 Å². The number of hydrogen-bond acceptors (Lipinski definition) is 8. The Kier molecular flexibility index (Phi) is 5.51. The van der Waals surface area contributed by atoms with Crippen LogP contribution in [-0.2, 0) is 9.53 Å². The van der Waals surface area contributed by atoms with Crippen LogP contribution in [-0.4, -0.2) is 60.0 Å². The minimum absolute atomic E-state index is 0.0240. The molecule has 2 aromatic heterocycles. The first kappa shape index (κ1) is 18.1. The van der Waals surface area contributed by atoms with Gasteiger partial charge in [0.2, 0.25) is 5.91 Å². The smallest absolute Gasteiger partial charge is 0.237 e. The van der Waals surface area contributed by atoms with Gasteiger partial charge in [0.1, 0.15) is 16.1 Å². The van der Waals surface area contributed by atoms with Gasteiger partial charge in [-0.1, -0.05) is 41.3 Å². The maximum atomic E-state index is 12.5. The summed E-state index contributed by atoms with van der Waals surface area (Å²) >= 11 is 3.00. The first-order valence-electron chi connectivity index (χ1n) is 8.61. The quantitative estimate of drug-likeness (QED) is 0.481. The van der Waals surface area contributed by atoms with Gasteiger partial charge in [-0.2, -0.15) is 4.98 Å². The van der Waals surface area contributed by atoms with Crippen LogP contribution in [0.2, 0.25) is 0 Å². The number of ether oxygens (including phenoxy) is 1. The molecular formula is C18H19N5O2S2. The van der Waals surface area contributed by atoms with E-state index in [1.807, 2.05) is 30.3 Å². The summed E-state index contributed by atoms with van der Waals surface area (Å²) in [5, 5.41) is 1.73. The fraction of sp³-hybridized carbons (Fsp3) is 0.333. The largest absolute Gasteiger partial charge is 0.378 e. The fourth-order valence-corrected chi connectivity index (χ4v) is 4.79. The Bertz CT molecular complexity index is 928. The zero-order chi connectivity index (χ0) is 18.6. The van der Waals surface area contributed by atoms with Crippen LogP contribution >= 0.6 is 23.1 Å². The third-order valence-corrected chi connectivity index (χ3v) is 6.49. The van der Waals surface area contributed by atoms with Gasteiger partial charge in [0.15, 0.2) is 10.8 Å². The molecule has 140 valence electrons. The molecule has 1 amide bonds. The molecule has 1 aromatic carbocycles. The number of benzene rings is 1. The molecule has 9 heteroatoms. The summed E-state index contributed by atoms with van der Waals surface area (Å²) in [7, 11) is 1.79. The van der Waals surface area contributed by atoms with Crippen LogP contribution in [0.3, 0.4) is 0 Å². The van der Waals surface area contributed by atoms with Gasteiger partial charge in [-0.15, -0.1) is 0 Å². The lowest BCUT2D eigenvalue weighted by atomic mass is 10.3. The third kappa shape index (κ3) is 4.05. The number of rotatable bonds is 5. The molecule has 3 aromatic rings. The molecular weight excluding hydrogens is 382 g/mol. The van der Waals surface area contributed by atoms with E-state index in [1.165, 1.54) is 18.1 Å². The molecule has 3 heterocycles. The SMILES string of the molecule is CN(C(=O)CSc1ncnc2nc(N3CCOCC3)sc12)c1ccccc1. The number of nitrogens with zero attached hydrogens (tertiary/aromatic N) is 5. The number of morpholine rings is 1. The lowest BCUT2D eigenvalue weighted by Crippen LogP contribution is -2.36. The number of anilines is 2. The van der Waals surface area contributed by atoms with Gasteiger partial charge in [0.25, 0.3) is 0 Å². The topological polar surface area (TPSA) is 71.5 Å². The molecule has 0 radical (unpaired) electrons. The van der Waals surface area contributed by atoms with Gasteiger partial charge >= 0.3 is 0 Å². The molecule has 0 N–H and O–H groups in total. The van der Waals surface area contributed by atoms with Gasteiger partial charge in [0, 0.05) is 25.8 Å². The van der Waals surface area contributed by atoms with E-state index < -0.39 is 0 Å². The molecule has 0 atom stereocenters. The molecule has 0 aliphatic carbocycles. The Balaban J connectivity index is 1.48. The van der Waals surface area contributed by atoms with E-state index in [0.717, 1.165) is 33.6 Å². The molecule has 0 bridgehead atoms. The highest BCUT2D eigenvalue weighted by Crippen LogP contribution is 2.34. The lowest BCUT2D eigenvalue weighted by Gasteiger charge is -2.25. The van der Waals surface area contributed by atoms with Crippen LogP contribution in [0.4, 0.5) is 10.8 Å². The average molecular weight is 402 g/mol. The molecule has 1 saturated heterocycles. The zero-order valence-electron chi connectivity index (χ0n) is 14.9. The fourth-order valence-electron chi connectivity index (χ4n) is 2.74. The molecule has 1 fully saturated rings. The van der Waals surface area contributed by atoms with E-state index in [1.54, 1.807) is 23.3 Å². The molecule has 0 spiro atoms. The van der Waals surface area contributed by atoms with Crippen molar-refractivity contribution in [2.45, 2.75) is 5.03 Å². The van der Waals surface area contributed by atoms with Crippen molar-refractivity contribution in [3.63, 3.8) is 0 Å². The minimum atomic E-state index is 0.0240. The molecule has 4 rings (SSSR count). The second kappa shape index (κ2) is 8.20. The van der Waals surface area contributed by atoms with Crippen molar-refractivity contribution in [2.75, 3.05) is 48.9 Å². The number of thioether (sulfide) groups is 1. The van der Waals surface area contributed by atoms with Crippen LogP contribution in [0.5, 0.6) is 0 Å². The Morgan fingerprint density at radius 3 is 2.81 bits per heavy atom. The Labute approximate surface area is 165 Å². The first-order chi connectivity index (χ1) is 13.2. The highest BCUT2D eigenvalue weighted by atomic mass is 32.2. The van der Waals surface area contributed by atoms with Crippen molar-refractivity contribution in [1.82, 2.24) is 15.0 Å². The zero-order valence-corrected chi connectivity index (χ0v) is 16.5. The highest BCUT2D eigenvalue weighted by molar-refractivity contribution is 8.00. The van der Waals surface area contributed by atoms with E-state index >= 15 is 0 Å². The Morgan fingerprint density at radius 2 is 2.04 bits per heavy atom. The van der Waals surface area contributed by atoms with Gasteiger partial charge in [-0.3, -0.25) is 4.79 Å². The molecule has 7 nitrogen and oxygen atoms in total. The van der Waals surface area contributed by atoms with E-state index in [4.69, 9.17) is 4.74 Å². The lowest BCUT2D eigenvalue weighted by molar-refractivity contribution is -0.115. The van der Waals surface area contributed by atoms with Crippen molar-refractivity contribution in [3.8, 4) is 0 Å². The molecule has 0 unspecified atom stereocenters. The van der Waals surface area contributed by atoms with Gasteiger partial charge in [-0.25, -0.2) is 9.97 Å². The highest BCUT2D eigenvalue weighted by Gasteiger charge is 2.19. The number of aromatic nitrogens is 3. The summed E-state index contributed by atoms with van der Waals surface area (Å²) in [5.41, 5.74) is 1.56. The van der Waals surface area contributed by atoms with E-state index in [9.17, 15) is 4.79 Å². The number of hydrogen-bond donors (Lipinski definition) is 0. The van der Waals surface area contributed by atoms with Crippen LogP contribution in [0.15, 0.2) is 41.7 Å². The second-order valence-corrected chi connectivity index (χ2v) is 7.95. The van der Waals surface area contributed by atoms with Crippen molar-refractivity contribution in [3.05, 3.63) is 36.7 Å². The van der Waals surface area contributed by atoms with Gasteiger partial charge < -0.3 is 14.5 Å². The normalized spacial score (nSPS) is 14.5. The Morgan fingerprint density at radius 1 is 1.26 bits per heavy atom. The summed E-state index contributed by atoms with van der Waals surface area (Å²) < 4.78 is 6.33. The number of thiazole rings is 1. The van der Waals surface area contributed by atoms with Crippen molar-refractivity contribution < 1.29 is 9.53 Å². The van der Waals surface area contributed by atoms with E-state index in [2.05, 4.69) is 19.9 Å². The summed E-state index contributed by atoms with van der Waals surface area (Å²) in [5.74, 6) is 0.332. The third-order valence-electron chi connectivity index (χ3n) is 4.28. The van der Waals surface area contributed by atoms with Crippen LogP contribution in [0, 0.1) is 0 Å². The summed E-state index contributed by atoms with van der Waals surface area (Å²) in [6, 6.07) is 9.62. The molecule has 0 saturated carbocycles. The first-order valence-corrected chi connectivity index (χ1v) is 10.4. The van der Waals surface area contributed by atoms with Crippen molar-refractivity contribution in [1.29, 1.82) is 0 Å². The van der Waals surface area contributed by atoms with Crippen LogP contribution < -0.4 is 9.80 Å². The van der Waals surface area contributed by atoms with Gasteiger partial charge in [-0.05, 0) is 12.1 Å². The molecule has 27 heavy (non-hydrogen) atoms. The van der Waals surface area contributed by atoms with Crippen molar-refractivity contribution >= 4 is 50.2 Å². The monoisotopic (exact) mass is 401 g/mol. The predicted octanol–water partition coefficient (Wildman–Crippen LogP) is 2.68. The molecule has 1 aliphatic rings. The van der Waals surface area contributed by atoms with Gasteiger partial charge in [0.05, 0.1) is 19.0 Å². The number of carbonyl (C=O) groups is 1. The number of carbonyl (C=O) groups excluding carboxylic acids is 1. The maximum absolute atomic E-state index is 12.5. The number of para-hydroxylation sites is 1. The molecule has 1 aliphatic heterocycles.